The van der Waals surface area contributed by atoms with Crippen molar-refractivity contribution in [1.82, 2.24) is 5.01 Å². The van der Waals surface area contributed by atoms with E-state index in [1.54, 1.807) is 18.2 Å². The minimum absolute atomic E-state index is 0.0172. The van der Waals surface area contributed by atoms with Crippen molar-refractivity contribution >= 4 is 17.3 Å². The second-order valence-corrected chi connectivity index (χ2v) is 7.70. The Kier molecular flexibility index (Phi) is 3.84. The Bertz CT molecular complexity index is 1080. The van der Waals surface area contributed by atoms with E-state index in [1.165, 1.54) is 0 Å². The summed E-state index contributed by atoms with van der Waals surface area (Å²) < 4.78 is 6.44. The molecule has 140 valence electrons. The fourth-order valence-electron chi connectivity index (χ4n) is 4.12. The molecule has 5 heteroatoms. The molecule has 5 rings (SSSR count). The van der Waals surface area contributed by atoms with Crippen molar-refractivity contribution in [2.45, 2.75) is 25.1 Å². The smallest absolute Gasteiger partial charge is 0.225 e. The number of ether oxygens (including phenoxy) is 1. The van der Waals surface area contributed by atoms with Crippen molar-refractivity contribution in [3.8, 4) is 11.5 Å². The summed E-state index contributed by atoms with van der Waals surface area (Å²) in [6.07, 6.45) is 0.765. The minimum atomic E-state index is -0.982. The first-order chi connectivity index (χ1) is 13.6. The zero-order chi connectivity index (χ0) is 19.3. The highest BCUT2D eigenvalue weighted by atomic mass is 35.5. The number of benzene rings is 3. The van der Waals surface area contributed by atoms with Crippen molar-refractivity contribution in [1.29, 1.82) is 0 Å². The predicted octanol–water partition coefficient (Wildman–Crippen LogP) is 5.46. The first kappa shape index (κ1) is 17.1. The number of fused-ring (bicyclic) bond motifs is 3. The summed E-state index contributed by atoms with van der Waals surface area (Å²) in [5.41, 5.74) is 2.80. The van der Waals surface area contributed by atoms with Crippen LogP contribution in [0, 0.1) is 0 Å². The topological polar surface area (TPSA) is 45.1 Å². The average molecular weight is 391 g/mol. The highest BCUT2D eigenvalue weighted by molar-refractivity contribution is 6.30. The summed E-state index contributed by atoms with van der Waals surface area (Å²) in [6, 6.07) is 23.2. The van der Waals surface area contributed by atoms with E-state index in [0.29, 0.717) is 10.6 Å². The van der Waals surface area contributed by atoms with Gasteiger partial charge in [0.2, 0.25) is 5.72 Å². The molecule has 0 aliphatic carbocycles. The van der Waals surface area contributed by atoms with E-state index < -0.39 is 5.72 Å². The quantitative estimate of drug-likeness (QED) is 0.631. The van der Waals surface area contributed by atoms with Crippen molar-refractivity contribution in [3.05, 3.63) is 94.5 Å². The van der Waals surface area contributed by atoms with E-state index in [9.17, 15) is 5.11 Å². The predicted molar refractivity (Wildman–Crippen MR) is 110 cm³/mol. The summed E-state index contributed by atoms with van der Waals surface area (Å²) in [5.74, 6) is 0.934. The van der Waals surface area contributed by atoms with Crippen LogP contribution in [0.5, 0.6) is 11.5 Å². The van der Waals surface area contributed by atoms with Crippen molar-refractivity contribution in [3.63, 3.8) is 0 Å². The number of phenolic OH excluding ortho intramolecular Hbond substituents is 1. The number of nitrogens with zero attached hydrogens (tertiary/aromatic N) is 2. The van der Waals surface area contributed by atoms with Gasteiger partial charge in [0.15, 0.2) is 0 Å². The van der Waals surface area contributed by atoms with Crippen LogP contribution in [-0.4, -0.2) is 15.8 Å². The van der Waals surface area contributed by atoms with Gasteiger partial charge < -0.3 is 9.84 Å². The van der Waals surface area contributed by atoms with Gasteiger partial charge in [-0.15, -0.1) is 0 Å². The molecule has 28 heavy (non-hydrogen) atoms. The Hall–Kier alpha value is -2.98. The monoisotopic (exact) mass is 390 g/mol. The maximum Gasteiger partial charge on any atom is 0.225 e. The number of halogens is 1. The molecule has 1 N–H and O–H groups in total. The Morgan fingerprint density at radius 3 is 2.64 bits per heavy atom. The van der Waals surface area contributed by atoms with Gasteiger partial charge >= 0.3 is 0 Å². The number of phenols is 1. The molecule has 0 aromatic heterocycles. The van der Waals surface area contributed by atoms with Gasteiger partial charge in [0.25, 0.3) is 0 Å². The van der Waals surface area contributed by atoms with Crippen LogP contribution in [0.4, 0.5) is 0 Å². The number of aromatic hydroxyl groups is 1. The fourth-order valence-corrected chi connectivity index (χ4v) is 4.29. The maximum absolute atomic E-state index is 10.6. The van der Waals surface area contributed by atoms with Crippen LogP contribution in [0.1, 0.15) is 36.1 Å². The molecule has 3 aromatic carbocycles. The Morgan fingerprint density at radius 2 is 1.82 bits per heavy atom. The third kappa shape index (κ3) is 2.56. The van der Waals surface area contributed by atoms with Gasteiger partial charge in [-0.05, 0) is 29.8 Å². The molecule has 4 nitrogen and oxygen atoms in total. The van der Waals surface area contributed by atoms with E-state index in [1.807, 2.05) is 48.3 Å². The lowest BCUT2D eigenvalue weighted by atomic mass is 9.92. The van der Waals surface area contributed by atoms with Gasteiger partial charge in [0.1, 0.15) is 11.5 Å². The Morgan fingerprint density at radius 1 is 1.07 bits per heavy atom. The summed E-state index contributed by atoms with van der Waals surface area (Å²) in [4.78, 5) is 0. The minimum Gasteiger partial charge on any atom is -0.507 e. The highest BCUT2D eigenvalue weighted by Crippen LogP contribution is 2.51. The third-order valence-electron chi connectivity index (χ3n) is 5.50. The standard InChI is InChI=1S/C23H19ClN2O2/c1-23(18-13-16(24)11-12-21(18)27)26-20(17-9-5-6-10-22(17)28-23)14-19(25-26)15-7-3-2-4-8-15/h2-13,20,27H,14H2,1H3/t20-,23-/m0/s1. The number of hydrogen-bond acceptors (Lipinski definition) is 4. The lowest BCUT2D eigenvalue weighted by Crippen LogP contribution is -2.48. The first-order valence-electron chi connectivity index (χ1n) is 9.25. The van der Waals surface area contributed by atoms with Crippen LogP contribution < -0.4 is 4.74 Å². The number of para-hydroxylation sites is 1. The molecule has 0 unspecified atom stereocenters. The highest BCUT2D eigenvalue weighted by Gasteiger charge is 2.49. The van der Waals surface area contributed by atoms with E-state index >= 15 is 0 Å². The van der Waals surface area contributed by atoms with Crippen molar-refractivity contribution < 1.29 is 9.84 Å². The van der Waals surface area contributed by atoms with Crippen LogP contribution in [0.3, 0.4) is 0 Å². The SMILES string of the molecule is C[C@@]1(c2cc(Cl)ccc2O)Oc2ccccc2[C@@H]2CC(c3ccccc3)=NN21. The zero-order valence-corrected chi connectivity index (χ0v) is 16.1. The molecule has 0 radical (unpaired) electrons. The van der Waals surface area contributed by atoms with Gasteiger partial charge in [-0.2, -0.15) is 5.10 Å². The zero-order valence-electron chi connectivity index (χ0n) is 15.3. The lowest BCUT2D eigenvalue weighted by molar-refractivity contribution is -0.113. The van der Waals surface area contributed by atoms with Gasteiger partial charge in [-0.1, -0.05) is 60.1 Å². The second-order valence-electron chi connectivity index (χ2n) is 7.26. The van der Waals surface area contributed by atoms with Crippen LogP contribution in [0.2, 0.25) is 5.02 Å². The summed E-state index contributed by atoms with van der Waals surface area (Å²) in [7, 11) is 0. The molecule has 2 aliphatic heterocycles. The molecule has 2 aliphatic rings. The van der Waals surface area contributed by atoms with Gasteiger partial charge in [0.05, 0.1) is 17.3 Å². The summed E-state index contributed by atoms with van der Waals surface area (Å²) in [6.45, 7) is 1.93. The maximum atomic E-state index is 10.6. The molecule has 0 amide bonds. The largest absolute Gasteiger partial charge is 0.507 e. The van der Waals surface area contributed by atoms with Gasteiger partial charge in [-0.25, -0.2) is 5.01 Å². The van der Waals surface area contributed by atoms with Crippen molar-refractivity contribution in [2.24, 2.45) is 5.10 Å². The number of hydrazone groups is 1. The molecular formula is C23H19ClN2O2. The van der Waals surface area contributed by atoms with E-state index in [4.69, 9.17) is 21.4 Å². The van der Waals surface area contributed by atoms with E-state index in [0.717, 1.165) is 29.0 Å². The van der Waals surface area contributed by atoms with Crippen LogP contribution in [0.15, 0.2) is 77.9 Å². The normalized spacial score (nSPS) is 22.9. The average Bonchev–Trinajstić information content (AvgIpc) is 3.17. The van der Waals surface area contributed by atoms with Gasteiger partial charge in [-0.3, -0.25) is 0 Å². The molecular weight excluding hydrogens is 372 g/mol. The van der Waals surface area contributed by atoms with E-state index in [-0.39, 0.29) is 11.8 Å². The molecule has 0 saturated heterocycles. The molecule has 2 heterocycles. The summed E-state index contributed by atoms with van der Waals surface area (Å²) in [5, 5.41) is 18.0. The number of rotatable bonds is 2. The second kappa shape index (κ2) is 6.28. The fraction of sp³-hybridized carbons (Fsp3) is 0.174. The molecule has 0 bridgehead atoms. The molecule has 0 fully saturated rings. The van der Waals surface area contributed by atoms with Crippen LogP contribution in [0.25, 0.3) is 0 Å². The summed E-state index contributed by atoms with van der Waals surface area (Å²) >= 11 is 6.24. The molecule has 0 spiro atoms. The Labute approximate surface area is 168 Å². The van der Waals surface area contributed by atoms with Crippen LogP contribution >= 0.6 is 11.6 Å². The molecule has 2 atom stereocenters. The number of hydrogen-bond donors (Lipinski definition) is 1. The van der Waals surface area contributed by atoms with Crippen LogP contribution in [-0.2, 0) is 5.72 Å². The van der Waals surface area contributed by atoms with Gasteiger partial charge in [0, 0.05) is 23.9 Å². The molecule has 0 saturated carbocycles. The third-order valence-corrected chi connectivity index (χ3v) is 5.73. The molecule has 3 aromatic rings. The van der Waals surface area contributed by atoms with Crippen molar-refractivity contribution in [2.75, 3.05) is 0 Å². The Balaban J connectivity index is 1.69. The van der Waals surface area contributed by atoms with E-state index in [2.05, 4.69) is 18.2 Å². The first-order valence-corrected chi connectivity index (χ1v) is 9.63. The lowest BCUT2D eigenvalue weighted by Gasteiger charge is -2.46.